The molecule has 1 atom stereocenters. The molecule has 1 unspecified atom stereocenters. The van der Waals surface area contributed by atoms with E-state index in [-0.39, 0.29) is 5.91 Å². The first-order valence-electron chi connectivity index (χ1n) is 4.78. The molecule has 2 nitrogen and oxygen atoms in total. The lowest BCUT2D eigenvalue weighted by molar-refractivity contribution is 0.0952. The molecule has 0 radical (unpaired) electrons. The minimum Gasteiger partial charge on any atom is -0.352 e. The van der Waals surface area contributed by atoms with E-state index in [0.29, 0.717) is 11.4 Å². The Morgan fingerprint density at radius 2 is 2.20 bits per heavy atom. The Hall–Kier alpha value is -0.100. The van der Waals surface area contributed by atoms with E-state index < -0.39 is 0 Å². The van der Waals surface area contributed by atoms with Crippen LogP contribution in [-0.4, -0.2) is 17.3 Å². The van der Waals surface area contributed by atoms with Gasteiger partial charge in [-0.1, -0.05) is 35.0 Å². The number of carbonyl (C=O) groups is 1. The van der Waals surface area contributed by atoms with E-state index in [1.165, 1.54) is 0 Å². The number of benzene rings is 1. The molecule has 1 aromatic carbocycles. The molecule has 1 amide bonds. The van der Waals surface area contributed by atoms with Gasteiger partial charge >= 0.3 is 0 Å². The van der Waals surface area contributed by atoms with Crippen LogP contribution >= 0.6 is 38.5 Å². The summed E-state index contributed by atoms with van der Waals surface area (Å²) >= 11 is 5.61. The normalized spacial score (nSPS) is 12.2. The van der Waals surface area contributed by atoms with Crippen molar-refractivity contribution in [3.05, 3.63) is 33.4 Å². The topological polar surface area (TPSA) is 29.1 Å². The lowest BCUT2D eigenvalue weighted by Crippen LogP contribution is -2.26. The minimum atomic E-state index is 0.00755. The number of halogens is 2. The Morgan fingerprint density at radius 3 is 2.80 bits per heavy atom. The summed E-state index contributed by atoms with van der Waals surface area (Å²) in [6.07, 6.45) is 0.940. The molecule has 0 aliphatic carbocycles. The van der Waals surface area contributed by atoms with Crippen molar-refractivity contribution >= 4 is 44.4 Å². The first-order chi connectivity index (χ1) is 7.11. The fourth-order valence-electron chi connectivity index (χ4n) is 1.13. The van der Waals surface area contributed by atoms with Crippen molar-refractivity contribution in [3.8, 4) is 0 Å². The van der Waals surface area contributed by atoms with Crippen molar-refractivity contribution in [2.45, 2.75) is 18.2 Å². The average Bonchev–Trinajstić information content (AvgIpc) is 2.17. The third kappa shape index (κ3) is 4.51. The molecule has 0 saturated carbocycles. The van der Waals surface area contributed by atoms with Crippen molar-refractivity contribution in [1.29, 1.82) is 0 Å². The molecule has 0 aromatic heterocycles. The number of rotatable bonds is 4. The van der Waals surface area contributed by atoms with Gasteiger partial charge in [0.05, 0.1) is 5.56 Å². The summed E-state index contributed by atoms with van der Waals surface area (Å²) in [4.78, 5) is 12.2. The van der Waals surface area contributed by atoms with Crippen LogP contribution in [0.5, 0.6) is 0 Å². The van der Waals surface area contributed by atoms with Crippen LogP contribution in [0.2, 0.25) is 0 Å². The zero-order valence-corrected chi connectivity index (χ0v) is 12.2. The zero-order valence-electron chi connectivity index (χ0n) is 8.47. The van der Waals surface area contributed by atoms with Crippen molar-refractivity contribution in [1.82, 2.24) is 5.32 Å². The number of alkyl halides is 1. The predicted octanol–water partition coefficient (Wildman–Crippen LogP) is 3.19. The highest BCUT2D eigenvalue weighted by Crippen LogP contribution is 2.11. The number of hydrogen-bond donors (Lipinski definition) is 1. The van der Waals surface area contributed by atoms with Gasteiger partial charge in [-0.25, -0.2) is 0 Å². The number of nitrogens with one attached hydrogen (secondary N) is 1. The van der Waals surface area contributed by atoms with Crippen LogP contribution in [0.3, 0.4) is 0 Å². The second kappa shape index (κ2) is 6.48. The van der Waals surface area contributed by atoms with E-state index in [4.69, 9.17) is 0 Å². The van der Waals surface area contributed by atoms with Gasteiger partial charge in [0.15, 0.2) is 0 Å². The van der Waals surface area contributed by atoms with E-state index >= 15 is 0 Å². The summed E-state index contributed by atoms with van der Waals surface area (Å²) in [5, 5.41) is 2.90. The summed E-state index contributed by atoms with van der Waals surface area (Å²) in [5.41, 5.74) is 0.750. The second-order valence-corrected chi connectivity index (χ2v) is 6.03. The molecule has 1 aromatic rings. The Labute approximate surface area is 112 Å². The maximum absolute atomic E-state index is 11.7. The molecule has 15 heavy (non-hydrogen) atoms. The molecule has 0 bridgehead atoms. The number of carbonyl (C=O) groups excluding carboxylic acids is 1. The van der Waals surface area contributed by atoms with Gasteiger partial charge < -0.3 is 5.32 Å². The van der Waals surface area contributed by atoms with Crippen molar-refractivity contribution in [3.63, 3.8) is 0 Å². The van der Waals surface area contributed by atoms with Gasteiger partial charge in [0.1, 0.15) is 0 Å². The van der Waals surface area contributed by atoms with Gasteiger partial charge in [0, 0.05) is 14.9 Å². The quantitative estimate of drug-likeness (QED) is 0.629. The summed E-state index contributed by atoms with van der Waals surface area (Å²) < 4.78 is 0.986. The van der Waals surface area contributed by atoms with Crippen LogP contribution in [0, 0.1) is 3.57 Å². The molecule has 1 N–H and O–H groups in total. The number of amides is 1. The lowest BCUT2D eigenvalue weighted by Gasteiger charge is -2.07. The van der Waals surface area contributed by atoms with Crippen LogP contribution in [0.4, 0.5) is 0 Å². The van der Waals surface area contributed by atoms with Gasteiger partial charge in [-0.05, 0) is 41.1 Å². The highest BCUT2D eigenvalue weighted by molar-refractivity contribution is 14.1. The highest BCUT2D eigenvalue weighted by Gasteiger charge is 2.08. The zero-order chi connectivity index (χ0) is 11.3. The van der Waals surface area contributed by atoms with Crippen LogP contribution in [0.25, 0.3) is 0 Å². The third-order valence-electron chi connectivity index (χ3n) is 1.95. The van der Waals surface area contributed by atoms with E-state index in [1.807, 2.05) is 24.3 Å². The van der Waals surface area contributed by atoms with E-state index in [2.05, 4.69) is 50.8 Å². The van der Waals surface area contributed by atoms with E-state index in [1.54, 1.807) is 0 Å². The molecule has 0 aliphatic heterocycles. The van der Waals surface area contributed by atoms with Crippen LogP contribution < -0.4 is 5.32 Å². The maximum atomic E-state index is 11.7. The van der Waals surface area contributed by atoms with Gasteiger partial charge in [-0.3, -0.25) is 4.79 Å². The second-order valence-electron chi connectivity index (χ2n) is 3.31. The molecule has 1 rings (SSSR count). The molecular weight excluding hydrogens is 369 g/mol. The first-order valence-corrected chi connectivity index (χ1v) is 6.77. The molecule has 82 valence electrons. The fourth-order valence-corrected chi connectivity index (χ4v) is 1.99. The molecule has 4 heteroatoms. The molecule has 0 saturated heterocycles. The van der Waals surface area contributed by atoms with Crippen molar-refractivity contribution in [2.24, 2.45) is 0 Å². The summed E-state index contributed by atoms with van der Waals surface area (Å²) in [5.74, 6) is 0.00755. The molecule has 0 fully saturated rings. The van der Waals surface area contributed by atoms with Gasteiger partial charge in [-0.15, -0.1) is 0 Å². The molecular formula is C11H13BrINO. The van der Waals surface area contributed by atoms with Crippen molar-refractivity contribution in [2.75, 3.05) is 6.54 Å². The molecule has 0 spiro atoms. The van der Waals surface area contributed by atoms with Crippen molar-refractivity contribution < 1.29 is 4.79 Å². The van der Waals surface area contributed by atoms with Crippen LogP contribution in [0.15, 0.2) is 24.3 Å². The summed E-state index contributed by atoms with van der Waals surface area (Å²) in [6.45, 7) is 2.77. The SMILES string of the molecule is CC(Br)CCNC(=O)c1ccccc1I. The fraction of sp³-hybridized carbons (Fsp3) is 0.364. The predicted molar refractivity (Wildman–Crippen MR) is 74.5 cm³/mol. The third-order valence-corrected chi connectivity index (χ3v) is 3.34. The average molecular weight is 382 g/mol. The standard InChI is InChI=1S/C11H13BrINO/c1-8(12)6-7-14-11(15)9-4-2-3-5-10(9)13/h2-5,8H,6-7H2,1H3,(H,14,15). The summed E-state index contributed by atoms with van der Waals surface area (Å²) in [7, 11) is 0. The van der Waals surface area contributed by atoms with Crippen LogP contribution in [0.1, 0.15) is 23.7 Å². The maximum Gasteiger partial charge on any atom is 0.252 e. The Kier molecular flexibility index (Phi) is 5.60. The summed E-state index contributed by atoms with van der Waals surface area (Å²) in [6, 6.07) is 7.58. The lowest BCUT2D eigenvalue weighted by atomic mass is 10.2. The van der Waals surface area contributed by atoms with Gasteiger partial charge in [-0.2, -0.15) is 0 Å². The van der Waals surface area contributed by atoms with E-state index in [0.717, 1.165) is 15.6 Å². The highest BCUT2D eigenvalue weighted by atomic mass is 127. The largest absolute Gasteiger partial charge is 0.352 e. The van der Waals surface area contributed by atoms with Gasteiger partial charge in [0.25, 0.3) is 5.91 Å². The Morgan fingerprint density at radius 1 is 1.53 bits per heavy atom. The molecule has 0 heterocycles. The Bertz CT molecular complexity index is 341. The minimum absolute atomic E-state index is 0.00755. The van der Waals surface area contributed by atoms with Crippen LogP contribution in [-0.2, 0) is 0 Å². The monoisotopic (exact) mass is 381 g/mol. The Balaban J connectivity index is 2.51. The van der Waals surface area contributed by atoms with E-state index in [9.17, 15) is 4.79 Å². The molecule has 0 aliphatic rings. The number of hydrogen-bond acceptors (Lipinski definition) is 1. The smallest absolute Gasteiger partial charge is 0.252 e. The van der Waals surface area contributed by atoms with Gasteiger partial charge in [0.2, 0.25) is 0 Å². The first kappa shape index (κ1) is 13.0.